The number of phenols is 1. The molecule has 1 atom stereocenters. The number of benzene rings is 1. The first kappa shape index (κ1) is 14.4. The van der Waals surface area contributed by atoms with Crippen LogP contribution in [0.4, 0.5) is 0 Å². The minimum atomic E-state index is 0.364. The highest BCUT2D eigenvalue weighted by Gasteiger charge is 2.22. The summed E-state index contributed by atoms with van der Waals surface area (Å²) < 4.78 is 0. The van der Waals surface area contributed by atoms with Crippen molar-refractivity contribution in [1.82, 2.24) is 9.80 Å². The van der Waals surface area contributed by atoms with Crippen LogP contribution in [0.3, 0.4) is 0 Å². The molecule has 1 aromatic carbocycles. The Hall–Kier alpha value is -1.06. The van der Waals surface area contributed by atoms with E-state index < -0.39 is 0 Å². The first-order valence-electron chi connectivity index (χ1n) is 7.31. The lowest BCUT2D eigenvalue weighted by Crippen LogP contribution is -2.48. The van der Waals surface area contributed by atoms with Crippen LogP contribution in [0.15, 0.2) is 24.3 Å². The van der Waals surface area contributed by atoms with Gasteiger partial charge in [-0.05, 0) is 30.5 Å². The van der Waals surface area contributed by atoms with Crippen molar-refractivity contribution in [3.05, 3.63) is 29.8 Å². The van der Waals surface area contributed by atoms with E-state index in [-0.39, 0.29) is 0 Å². The Balaban J connectivity index is 1.90. The van der Waals surface area contributed by atoms with E-state index in [0.717, 1.165) is 32.1 Å². The second-order valence-corrected chi connectivity index (χ2v) is 6.00. The highest BCUT2D eigenvalue weighted by molar-refractivity contribution is 5.29. The molecule has 2 rings (SSSR count). The van der Waals surface area contributed by atoms with Gasteiger partial charge < -0.3 is 10.0 Å². The lowest BCUT2D eigenvalue weighted by molar-refractivity contribution is 0.0947. The van der Waals surface area contributed by atoms with Gasteiger partial charge in [0.1, 0.15) is 5.75 Å². The zero-order chi connectivity index (χ0) is 13.8. The molecule has 1 unspecified atom stereocenters. The summed E-state index contributed by atoms with van der Waals surface area (Å²) in [7, 11) is 0. The third-order valence-electron chi connectivity index (χ3n) is 3.93. The summed E-state index contributed by atoms with van der Waals surface area (Å²) in [6.07, 6.45) is 0. The Kier molecular flexibility index (Phi) is 4.83. The maximum absolute atomic E-state index is 9.57. The van der Waals surface area contributed by atoms with Crippen molar-refractivity contribution in [2.24, 2.45) is 5.92 Å². The van der Waals surface area contributed by atoms with E-state index in [1.165, 1.54) is 12.1 Å². The number of hydrogen-bond acceptors (Lipinski definition) is 3. The van der Waals surface area contributed by atoms with Crippen molar-refractivity contribution in [3.8, 4) is 5.75 Å². The molecule has 1 aliphatic rings. The highest BCUT2D eigenvalue weighted by Crippen LogP contribution is 2.24. The van der Waals surface area contributed by atoms with Gasteiger partial charge in [-0.15, -0.1) is 0 Å². The van der Waals surface area contributed by atoms with Crippen molar-refractivity contribution < 1.29 is 5.11 Å². The van der Waals surface area contributed by atoms with Gasteiger partial charge in [0, 0.05) is 38.8 Å². The Morgan fingerprint density at radius 3 is 2.37 bits per heavy atom. The molecule has 19 heavy (non-hydrogen) atoms. The van der Waals surface area contributed by atoms with Gasteiger partial charge in [-0.1, -0.05) is 26.0 Å². The van der Waals surface area contributed by atoms with Gasteiger partial charge in [-0.3, -0.25) is 4.90 Å². The summed E-state index contributed by atoms with van der Waals surface area (Å²) in [5, 5.41) is 9.57. The van der Waals surface area contributed by atoms with Gasteiger partial charge in [0.25, 0.3) is 0 Å². The fourth-order valence-corrected chi connectivity index (χ4v) is 2.85. The third-order valence-corrected chi connectivity index (χ3v) is 3.93. The van der Waals surface area contributed by atoms with Gasteiger partial charge in [0.15, 0.2) is 0 Å². The molecular weight excluding hydrogens is 236 g/mol. The van der Waals surface area contributed by atoms with Crippen LogP contribution in [0.1, 0.15) is 32.4 Å². The van der Waals surface area contributed by atoms with Crippen molar-refractivity contribution in [3.63, 3.8) is 0 Å². The van der Waals surface area contributed by atoms with Crippen LogP contribution in [0, 0.1) is 5.92 Å². The molecule has 0 amide bonds. The maximum atomic E-state index is 9.57. The average Bonchev–Trinajstić information content (AvgIpc) is 2.38. The van der Waals surface area contributed by atoms with Crippen molar-refractivity contribution in [2.45, 2.75) is 26.8 Å². The number of phenolic OH excluding ortho intramolecular Hbond substituents is 1. The lowest BCUT2D eigenvalue weighted by Gasteiger charge is -2.38. The molecule has 1 heterocycles. The zero-order valence-corrected chi connectivity index (χ0v) is 12.3. The van der Waals surface area contributed by atoms with Crippen LogP contribution in [0.25, 0.3) is 0 Å². The Bertz CT molecular complexity index is 397. The van der Waals surface area contributed by atoms with Crippen molar-refractivity contribution >= 4 is 0 Å². The summed E-state index contributed by atoms with van der Waals surface area (Å²) in [5.41, 5.74) is 1.21. The predicted octanol–water partition coefficient (Wildman–Crippen LogP) is 2.73. The molecule has 106 valence electrons. The second-order valence-electron chi connectivity index (χ2n) is 6.00. The molecule has 3 nitrogen and oxygen atoms in total. The number of hydrogen-bond donors (Lipinski definition) is 1. The van der Waals surface area contributed by atoms with Gasteiger partial charge >= 0.3 is 0 Å². The molecule has 1 N–H and O–H groups in total. The van der Waals surface area contributed by atoms with Crippen LogP contribution in [-0.2, 0) is 0 Å². The fourth-order valence-electron chi connectivity index (χ4n) is 2.85. The zero-order valence-electron chi connectivity index (χ0n) is 12.3. The van der Waals surface area contributed by atoms with E-state index in [0.29, 0.717) is 11.8 Å². The van der Waals surface area contributed by atoms with Crippen LogP contribution >= 0.6 is 0 Å². The lowest BCUT2D eigenvalue weighted by atomic mass is 10.1. The van der Waals surface area contributed by atoms with Gasteiger partial charge in [-0.2, -0.15) is 0 Å². The summed E-state index contributed by atoms with van der Waals surface area (Å²) in [6.45, 7) is 12.5. The summed E-state index contributed by atoms with van der Waals surface area (Å²) in [4.78, 5) is 5.06. The molecule has 3 heteroatoms. The van der Waals surface area contributed by atoms with Gasteiger partial charge in [0.2, 0.25) is 0 Å². The van der Waals surface area contributed by atoms with E-state index in [4.69, 9.17) is 0 Å². The Morgan fingerprint density at radius 2 is 1.79 bits per heavy atom. The van der Waals surface area contributed by atoms with Gasteiger partial charge in [0.05, 0.1) is 0 Å². The number of aromatic hydroxyl groups is 1. The molecule has 1 aliphatic heterocycles. The molecule has 0 bridgehead atoms. The van der Waals surface area contributed by atoms with E-state index in [9.17, 15) is 5.11 Å². The van der Waals surface area contributed by atoms with Crippen LogP contribution < -0.4 is 0 Å². The van der Waals surface area contributed by atoms with E-state index in [1.807, 2.05) is 12.1 Å². The molecule has 0 radical (unpaired) electrons. The average molecular weight is 262 g/mol. The maximum Gasteiger partial charge on any atom is 0.115 e. The molecule has 0 spiro atoms. The molecule has 0 aromatic heterocycles. The van der Waals surface area contributed by atoms with E-state index >= 15 is 0 Å². The van der Waals surface area contributed by atoms with Crippen LogP contribution in [-0.4, -0.2) is 47.6 Å². The van der Waals surface area contributed by atoms with Crippen LogP contribution in [0.5, 0.6) is 5.75 Å². The van der Waals surface area contributed by atoms with Crippen LogP contribution in [0.2, 0.25) is 0 Å². The Morgan fingerprint density at radius 1 is 1.11 bits per heavy atom. The number of nitrogens with zero attached hydrogens (tertiary/aromatic N) is 2. The van der Waals surface area contributed by atoms with Crippen molar-refractivity contribution in [1.29, 1.82) is 0 Å². The quantitative estimate of drug-likeness (QED) is 0.904. The smallest absolute Gasteiger partial charge is 0.115 e. The summed E-state index contributed by atoms with van der Waals surface area (Å²) in [6, 6.07) is 8.02. The normalized spacial score (nSPS) is 19.8. The predicted molar refractivity (Wildman–Crippen MR) is 79.4 cm³/mol. The van der Waals surface area contributed by atoms with Gasteiger partial charge in [-0.25, -0.2) is 0 Å². The monoisotopic (exact) mass is 262 g/mol. The largest absolute Gasteiger partial charge is 0.508 e. The minimum Gasteiger partial charge on any atom is -0.508 e. The number of rotatable bonds is 4. The van der Waals surface area contributed by atoms with Crippen molar-refractivity contribution in [2.75, 3.05) is 32.7 Å². The summed E-state index contributed by atoms with van der Waals surface area (Å²) in [5.74, 6) is 1.11. The molecule has 1 saturated heterocycles. The third kappa shape index (κ3) is 3.95. The first-order valence-corrected chi connectivity index (χ1v) is 7.31. The second kappa shape index (κ2) is 6.40. The fraction of sp³-hybridized carbons (Fsp3) is 0.625. The number of piperazine rings is 1. The topological polar surface area (TPSA) is 26.7 Å². The molecule has 0 saturated carbocycles. The molecular formula is C16H26N2O. The standard InChI is InChI=1S/C16H26N2O/c1-13(2)12-17-7-9-18(10-8-17)14(3)15-5-4-6-16(19)11-15/h4-6,11,13-14,19H,7-10,12H2,1-3H3. The minimum absolute atomic E-state index is 0.364. The first-order chi connectivity index (χ1) is 9.06. The molecule has 1 fully saturated rings. The van der Waals surface area contributed by atoms with E-state index in [2.05, 4.69) is 36.6 Å². The molecule has 0 aliphatic carbocycles. The Labute approximate surface area is 116 Å². The SMILES string of the molecule is CC(C)CN1CCN(C(C)c2cccc(O)c2)CC1. The van der Waals surface area contributed by atoms with E-state index in [1.54, 1.807) is 6.07 Å². The highest BCUT2D eigenvalue weighted by atomic mass is 16.3. The summed E-state index contributed by atoms with van der Waals surface area (Å²) >= 11 is 0. The molecule has 1 aromatic rings.